The number of likely N-dealkylation sites (tertiary alicyclic amines) is 1. The van der Waals surface area contributed by atoms with Gasteiger partial charge in [-0.05, 0) is 32.9 Å². The van der Waals surface area contributed by atoms with Crippen LogP contribution in [0.25, 0.3) is 0 Å². The minimum Gasteiger partial charge on any atom is -0.359 e. The maximum Gasteiger partial charge on any atom is 0.132 e. The highest BCUT2D eigenvalue weighted by atomic mass is 35.5. The van der Waals surface area contributed by atoms with E-state index in [4.69, 9.17) is 4.74 Å². The summed E-state index contributed by atoms with van der Waals surface area (Å²) >= 11 is 0. The normalized spacial score (nSPS) is 37.8. The van der Waals surface area contributed by atoms with Gasteiger partial charge in [-0.15, -0.1) is 12.4 Å². The summed E-state index contributed by atoms with van der Waals surface area (Å²) in [5, 5.41) is 3.63. The Morgan fingerprint density at radius 3 is 2.59 bits per heavy atom. The van der Waals surface area contributed by atoms with Crippen molar-refractivity contribution >= 4 is 12.4 Å². The molecule has 0 spiro atoms. The summed E-state index contributed by atoms with van der Waals surface area (Å²) in [6.07, 6.45) is 2.57. The van der Waals surface area contributed by atoms with Crippen LogP contribution >= 0.6 is 12.4 Å². The van der Waals surface area contributed by atoms with E-state index in [2.05, 4.69) is 37.9 Å². The molecule has 2 atom stereocenters. The minimum atomic E-state index is -0.137. The van der Waals surface area contributed by atoms with Gasteiger partial charge in [-0.25, -0.2) is 0 Å². The molecule has 2 heterocycles. The molecule has 0 saturated carbocycles. The van der Waals surface area contributed by atoms with Gasteiger partial charge in [-0.3, -0.25) is 10.2 Å². The molecule has 0 amide bonds. The third-order valence-electron chi connectivity index (χ3n) is 4.09. The highest BCUT2D eigenvalue weighted by Gasteiger charge is 2.44. The predicted octanol–water partition coefficient (Wildman–Crippen LogP) is 2.25. The number of hydrogen-bond donors (Lipinski definition) is 1. The third kappa shape index (κ3) is 3.14. The molecule has 2 rings (SSSR count). The van der Waals surface area contributed by atoms with Crippen LogP contribution in [0.5, 0.6) is 0 Å². The van der Waals surface area contributed by atoms with Crippen molar-refractivity contribution < 1.29 is 4.74 Å². The lowest BCUT2D eigenvalue weighted by atomic mass is 9.90. The zero-order valence-electron chi connectivity index (χ0n) is 11.6. The fraction of sp³-hybridized carbons (Fsp3) is 1.00. The van der Waals surface area contributed by atoms with Gasteiger partial charge >= 0.3 is 0 Å². The Morgan fingerprint density at radius 2 is 2.06 bits per heavy atom. The van der Waals surface area contributed by atoms with Crippen molar-refractivity contribution in [3.05, 3.63) is 0 Å². The van der Waals surface area contributed by atoms with Gasteiger partial charge in [-0.1, -0.05) is 20.8 Å². The van der Waals surface area contributed by atoms with Crippen molar-refractivity contribution in [3.63, 3.8) is 0 Å². The molecule has 0 aliphatic carbocycles. The van der Waals surface area contributed by atoms with Gasteiger partial charge in [-0.2, -0.15) is 0 Å². The van der Waals surface area contributed by atoms with E-state index in [0.717, 1.165) is 19.7 Å². The van der Waals surface area contributed by atoms with Gasteiger partial charge in [0.1, 0.15) is 5.72 Å². The zero-order valence-corrected chi connectivity index (χ0v) is 12.4. The summed E-state index contributed by atoms with van der Waals surface area (Å²) in [7, 11) is 0. The summed E-state index contributed by atoms with van der Waals surface area (Å²) in [6.45, 7) is 13.3. The number of nitrogens with one attached hydrogen (secondary N) is 1. The molecule has 2 fully saturated rings. The quantitative estimate of drug-likeness (QED) is 0.826. The van der Waals surface area contributed by atoms with Gasteiger partial charge in [0.25, 0.3) is 0 Å². The third-order valence-corrected chi connectivity index (χ3v) is 4.09. The number of hydrogen-bond acceptors (Lipinski definition) is 3. The number of nitrogens with zero attached hydrogens (tertiary/aromatic N) is 1. The number of likely N-dealkylation sites (N-methyl/N-ethyl adjacent to an activating group) is 1. The molecular weight excluding hydrogens is 236 g/mol. The standard InChI is InChI=1S/C13H26N2O.ClH/c1-5-15-8-6-7-11(15)13(4)14-9-12(2,3)10-16-13;/h11,14H,5-10H2,1-4H3;1H. The molecule has 0 aromatic heterocycles. The van der Waals surface area contributed by atoms with Crippen molar-refractivity contribution in [3.8, 4) is 0 Å². The molecule has 2 unspecified atom stereocenters. The van der Waals surface area contributed by atoms with E-state index < -0.39 is 0 Å². The first-order valence-corrected chi connectivity index (χ1v) is 6.60. The molecule has 0 aromatic carbocycles. The van der Waals surface area contributed by atoms with E-state index in [1.165, 1.54) is 19.4 Å². The number of ether oxygens (including phenoxy) is 1. The Balaban J connectivity index is 0.00000144. The van der Waals surface area contributed by atoms with E-state index in [1.807, 2.05) is 0 Å². The Bertz CT molecular complexity index is 248. The monoisotopic (exact) mass is 262 g/mol. The van der Waals surface area contributed by atoms with Crippen LogP contribution in [-0.2, 0) is 4.74 Å². The first-order valence-electron chi connectivity index (χ1n) is 6.60. The minimum absolute atomic E-state index is 0. The van der Waals surface area contributed by atoms with E-state index >= 15 is 0 Å². The van der Waals surface area contributed by atoms with E-state index in [-0.39, 0.29) is 23.5 Å². The molecule has 0 bridgehead atoms. The maximum absolute atomic E-state index is 6.14. The van der Waals surface area contributed by atoms with Crippen molar-refractivity contribution in [2.24, 2.45) is 5.41 Å². The van der Waals surface area contributed by atoms with Crippen LogP contribution in [0.1, 0.15) is 40.5 Å². The van der Waals surface area contributed by atoms with E-state index in [1.54, 1.807) is 0 Å². The number of halogens is 1. The lowest BCUT2D eigenvalue weighted by Gasteiger charge is -2.47. The zero-order chi connectivity index (χ0) is 11.8. The van der Waals surface area contributed by atoms with Gasteiger partial charge in [0.2, 0.25) is 0 Å². The van der Waals surface area contributed by atoms with Gasteiger partial charge in [0, 0.05) is 12.0 Å². The molecule has 2 aliphatic rings. The fourth-order valence-corrected chi connectivity index (χ4v) is 2.90. The smallest absolute Gasteiger partial charge is 0.132 e. The van der Waals surface area contributed by atoms with E-state index in [9.17, 15) is 0 Å². The first-order chi connectivity index (χ1) is 7.47. The lowest BCUT2D eigenvalue weighted by Crippen LogP contribution is -2.64. The molecule has 0 radical (unpaired) electrons. The molecule has 0 aromatic rings. The lowest BCUT2D eigenvalue weighted by molar-refractivity contribution is -0.158. The SMILES string of the molecule is CCN1CCCC1C1(C)NCC(C)(C)CO1.Cl. The van der Waals surface area contributed by atoms with Crippen LogP contribution < -0.4 is 5.32 Å². The Labute approximate surface area is 112 Å². The van der Waals surface area contributed by atoms with Gasteiger partial charge < -0.3 is 4.74 Å². The predicted molar refractivity (Wildman–Crippen MR) is 73.7 cm³/mol. The van der Waals surface area contributed by atoms with Crippen LogP contribution in [0, 0.1) is 5.41 Å². The van der Waals surface area contributed by atoms with E-state index in [0.29, 0.717) is 6.04 Å². The summed E-state index contributed by atoms with van der Waals surface area (Å²) in [5.41, 5.74) is 0.136. The summed E-state index contributed by atoms with van der Waals surface area (Å²) in [5.74, 6) is 0. The molecule has 2 aliphatic heterocycles. The number of rotatable bonds is 2. The second-order valence-corrected chi connectivity index (χ2v) is 6.20. The average Bonchev–Trinajstić information content (AvgIpc) is 2.71. The second kappa shape index (κ2) is 5.43. The van der Waals surface area contributed by atoms with Crippen LogP contribution in [0.3, 0.4) is 0 Å². The highest BCUT2D eigenvalue weighted by molar-refractivity contribution is 5.85. The molecular formula is C13H27ClN2O. The van der Waals surface area contributed by atoms with Crippen molar-refractivity contribution in [1.82, 2.24) is 10.2 Å². The van der Waals surface area contributed by atoms with Crippen LogP contribution in [0.2, 0.25) is 0 Å². The van der Waals surface area contributed by atoms with Crippen molar-refractivity contribution in [1.29, 1.82) is 0 Å². The second-order valence-electron chi connectivity index (χ2n) is 6.20. The fourth-order valence-electron chi connectivity index (χ4n) is 2.90. The molecule has 102 valence electrons. The van der Waals surface area contributed by atoms with Gasteiger partial charge in [0.05, 0.1) is 12.6 Å². The average molecular weight is 263 g/mol. The maximum atomic E-state index is 6.14. The van der Waals surface area contributed by atoms with Crippen molar-refractivity contribution in [2.45, 2.75) is 52.3 Å². The Morgan fingerprint density at radius 1 is 1.35 bits per heavy atom. The van der Waals surface area contributed by atoms with Crippen LogP contribution in [-0.4, -0.2) is 42.9 Å². The largest absolute Gasteiger partial charge is 0.359 e. The van der Waals surface area contributed by atoms with Crippen LogP contribution in [0.15, 0.2) is 0 Å². The molecule has 2 saturated heterocycles. The summed E-state index contributed by atoms with van der Waals surface area (Å²) in [4.78, 5) is 2.55. The first kappa shape index (κ1) is 15.2. The summed E-state index contributed by atoms with van der Waals surface area (Å²) in [6, 6.07) is 0.550. The Hall–Kier alpha value is 0.170. The highest BCUT2D eigenvalue weighted by Crippen LogP contribution is 2.33. The van der Waals surface area contributed by atoms with Crippen molar-refractivity contribution in [2.75, 3.05) is 26.2 Å². The van der Waals surface area contributed by atoms with Gasteiger partial charge in [0.15, 0.2) is 0 Å². The van der Waals surface area contributed by atoms with Crippen LogP contribution in [0.4, 0.5) is 0 Å². The molecule has 3 nitrogen and oxygen atoms in total. The summed E-state index contributed by atoms with van der Waals surface area (Å²) < 4.78 is 6.14. The molecule has 1 N–H and O–H groups in total. The molecule has 17 heavy (non-hydrogen) atoms. The Kier molecular flexibility index (Phi) is 4.87. The molecule has 4 heteroatoms. The topological polar surface area (TPSA) is 24.5 Å².